The Morgan fingerprint density at radius 3 is 2.46 bits per heavy atom. The van der Waals surface area contributed by atoms with Crippen LogP contribution in [0, 0.1) is 0 Å². The summed E-state index contributed by atoms with van der Waals surface area (Å²) in [6.45, 7) is 4.39. The van der Waals surface area contributed by atoms with Crippen molar-refractivity contribution in [3.8, 4) is 11.1 Å². The molecule has 0 bridgehead atoms. The first-order valence-electron chi connectivity index (χ1n) is 8.92. The third-order valence-electron chi connectivity index (χ3n) is 4.90. The normalized spacial score (nSPS) is 21.0. The molecule has 2 aromatic carbocycles. The lowest BCUT2D eigenvalue weighted by Crippen LogP contribution is -2.47. The lowest BCUT2D eigenvalue weighted by Gasteiger charge is -2.33. The molecule has 3 rings (SSSR count). The Morgan fingerprint density at radius 1 is 1.12 bits per heavy atom. The number of nitrogens with one attached hydrogen (secondary N) is 1. The maximum Gasteiger partial charge on any atom is 0.214 e. The van der Waals surface area contributed by atoms with Crippen molar-refractivity contribution in [3.63, 3.8) is 0 Å². The van der Waals surface area contributed by atoms with Crippen LogP contribution in [-0.4, -0.2) is 32.9 Å². The van der Waals surface area contributed by atoms with Crippen molar-refractivity contribution in [2.45, 2.75) is 37.5 Å². The maximum atomic E-state index is 12.3. The van der Waals surface area contributed by atoms with Crippen LogP contribution in [0.2, 0.25) is 0 Å². The van der Waals surface area contributed by atoms with Crippen LogP contribution in [-0.2, 0) is 14.8 Å². The molecule has 0 radical (unpaired) electrons. The molecule has 140 valence electrons. The van der Waals surface area contributed by atoms with Crippen LogP contribution in [0.3, 0.4) is 0 Å². The Balaban J connectivity index is 1.83. The second-order valence-corrected chi connectivity index (χ2v) is 9.27. The van der Waals surface area contributed by atoms with Gasteiger partial charge in [0, 0.05) is 23.8 Å². The lowest BCUT2D eigenvalue weighted by molar-refractivity contribution is 0.0644. The summed E-state index contributed by atoms with van der Waals surface area (Å²) in [6, 6.07) is 15.7. The van der Waals surface area contributed by atoms with E-state index in [4.69, 9.17) is 10.5 Å². The Hall–Kier alpha value is -1.89. The van der Waals surface area contributed by atoms with E-state index in [0.29, 0.717) is 13.2 Å². The second-order valence-electron chi connectivity index (χ2n) is 7.00. The minimum atomic E-state index is -3.34. The van der Waals surface area contributed by atoms with Gasteiger partial charge in [-0.05, 0) is 37.5 Å². The number of nitrogens with two attached hydrogens (primary N) is 1. The highest BCUT2D eigenvalue weighted by atomic mass is 32.2. The molecule has 1 fully saturated rings. The fourth-order valence-corrected chi connectivity index (χ4v) is 4.20. The Labute approximate surface area is 155 Å². The molecule has 0 amide bonds. The van der Waals surface area contributed by atoms with E-state index in [-0.39, 0.29) is 12.0 Å². The van der Waals surface area contributed by atoms with Crippen LogP contribution < -0.4 is 10.5 Å². The number of sulfonamides is 1. The zero-order valence-corrected chi connectivity index (χ0v) is 16.0. The summed E-state index contributed by atoms with van der Waals surface area (Å²) in [4.78, 5) is 0. The van der Waals surface area contributed by atoms with Crippen LogP contribution >= 0.6 is 0 Å². The zero-order chi connectivity index (χ0) is 18.7. The third-order valence-corrected chi connectivity index (χ3v) is 6.78. The quantitative estimate of drug-likeness (QED) is 0.788. The first-order valence-corrected chi connectivity index (χ1v) is 10.5. The standard InChI is InChI=1S/C20H26N2O3S/c1-14(2)26(23,24)22-20-13-25-12-11-18(20)16-9-7-15(8-10-16)17-5-3-4-6-19(17)21/h3-10,14,18,20,22H,11-13,21H2,1-2H3/t18-,20+/m1/s1. The zero-order valence-electron chi connectivity index (χ0n) is 15.2. The van der Waals surface area contributed by atoms with E-state index >= 15 is 0 Å². The summed E-state index contributed by atoms with van der Waals surface area (Å²) < 4.78 is 32.9. The topological polar surface area (TPSA) is 81.4 Å². The van der Waals surface area contributed by atoms with Crippen molar-refractivity contribution in [3.05, 3.63) is 54.1 Å². The van der Waals surface area contributed by atoms with Gasteiger partial charge < -0.3 is 10.5 Å². The fourth-order valence-electron chi connectivity index (χ4n) is 3.27. The SMILES string of the molecule is CC(C)S(=O)(=O)N[C@H]1COCC[C@@H]1c1ccc(-c2ccccc2N)cc1. The van der Waals surface area contributed by atoms with Crippen LogP contribution in [0.1, 0.15) is 31.7 Å². The number of rotatable bonds is 5. The largest absolute Gasteiger partial charge is 0.398 e. The van der Waals surface area contributed by atoms with E-state index in [1.165, 1.54) is 0 Å². The number of anilines is 1. The number of hydrogen-bond donors (Lipinski definition) is 2. The van der Waals surface area contributed by atoms with Gasteiger partial charge in [-0.15, -0.1) is 0 Å². The van der Waals surface area contributed by atoms with Gasteiger partial charge in [0.2, 0.25) is 10.0 Å². The van der Waals surface area contributed by atoms with Gasteiger partial charge >= 0.3 is 0 Å². The van der Waals surface area contributed by atoms with Crippen LogP contribution in [0.25, 0.3) is 11.1 Å². The molecule has 1 saturated heterocycles. The molecule has 2 atom stereocenters. The van der Waals surface area contributed by atoms with E-state index in [1.54, 1.807) is 13.8 Å². The molecule has 3 N–H and O–H groups in total. The number of benzene rings is 2. The van der Waals surface area contributed by atoms with Gasteiger partial charge in [-0.1, -0.05) is 42.5 Å². The highest BCUT2D eigenvalue weighted by Gasteiger charge is 2.31. The van der Waals surface area contributed by atoms with Crippen molar-refractivity contribution >= 4 is 15.7 Å². The molecule has 0 aliphatic carbocycles. The number of nitrogen functional groups attached to an aromatic ring is 1. The average molecular weight is 375 g/mol. The van der Waals surface area contributed by atoms with E-state index in [2.05, 4.69) is 16.9 Å². The summed E-state index contributed by atoms with van der Waals surface area (Å²) in [5, 5.41) is -0.464. The smallest absolute Gasteiger partial charge is 0.214 e. The van der Waals surface area contributed by atoms with Gasteiger partial charge in [-0.2, -0.15) is 0 Å². The number of hydrogen-bond acceptors (Lipinski definition) is 4. The average Bonchev–Trinajstić information content (AvgIpc) is 2.62. The van der Waals surface area contributed by atoms with Gasteiger partial charge in [0.05, 0.1) is 17.9 Å². The highest BCUT2D eigenvalue weighted by Crippen LogP contribution is 2.31. The molecular weight excluding hydrogens is 348 g/mol. The highest BCUT2D eigenvalue weighted by molar-refractivity contribution is 7.90. The molecule has 1 aliphatic heterocycles. The molecule has 0 saturated carbocycles. The van der Waals surface area contributed by atoms with Crippen molar-refractivity contribution in [1.82, 2.24) is 4.72 Å². The summed E-state index contributed by atoms with van der Waals surface area (Å²) >= 11 is 0. The summed E-state index contributed by atoms with van der Waals surface area (Å²) in [5.74, 6) is 0.0967. The molecule has 1 heterocycles. The van der Waals surface area contributed by atoms with Crippen LogP contribution in [0.4, 0.5) is 5.69 Å². The minimum Gasteiger partial charge on any atom is -0.398 e. The van der Waals surface area contributed by atoms with Gasteiger partial charge in [-0.3, -0.25) is 0 Å². The summed E-state index contributed by atoms with van der Waals surface area (Å²) in [6.07, 6.45) is 0.790. The molecule has 0 unspecified atom stereocenters. The van der Waals surface area contributed by atoms with E-state index in [9.17, 15) is 8.42 Å². The fraction of sp³-hybridized carbons (Fsp3) is 0.400. The van der Waals surface area contributed by atoms with Gasteiger partial charge in [0.1, 0.15) is 0 Å². The van der Waals surface area contributed by atoms with Gasteiger partial charge in [-0.25, -0.2) is 13.1 Å². The minimum absolute atomic E-state index is 0.0967. The van der Waals surface area contributed by atoms with Crippen molar-refractivity contribution < 1.29 is 13.2 Å². The molecule has 5 nitrogen and oxygen atoms in total. The van der Waals surface area contributed by atoms with Crippen LogP contribution in [0.5, 0.6) is 0 Å². The lowest BCUT2D eigenvalue weighted by atomic mass is 9.87. The van der Waals surface area contributed by atoms with Crippen molar-refractivity contribution in [2.75, 3.05) is 18.9 Å². The molecule has 1 aliphatic rings. The maximum absolute atomic E-state index is 12.3. The Bertz CT molecular complexity index is 848. The first-order chi connectivity index (χ1) is 12.4. The third kappa shape index (κ3) is 4.09. The van der Waals surface area contributed by atoms with Gasteiger partial charge in [0.15, 0.2) is 0 Å². The number of ether oxygens (including phenoxy) is 1. The van der Waals surface area contributed by atoms with Gasteiger partial charge in [0.25, 0.3) is 0 Å². The first kappa shape index (κ1) is 18.9. The van der Waals surface area contributed by atoms with Crippen molar-refractivity contribution in [1.29, 1.82) is 0 Å². The van der Waals surface area contributed by atoms with E-state index in [0.717, 1.165) is 28.8 Å². The monoisotopic (exact) mass is 374 g/mol. The number of para-hydroxylation sites is 1. The van der Waals surface area contributed by atoms with E-state index < -0.39 is 15.3 Å². The molecular formula is C20H26N2O3S. The molecule has 6 heteroatoms. The molecule has 26 heavy (non-hydrogen) atoms. The predicted molar refractivity (Wildman–Crippen MR) is 105 cm³/mol. The predicted octanol–water partition coefficient (Wildman–Crippen LogP) is 3.14. The molecule has 0 aromatic heterocycles. The summed E-state index contributed by atoms with van der Waals surface area (Å²) in [7, 11) is -3.34. The van der Waals surface area contributed by atoms with Crippen LogP contribution in [0.15, 0.2) is 48.5 Å². The summed E-state index contributed by atoms with van der Waals surface area (Å²) in [5.41, 5.74) is 9.97. The molecule has 2 aromatic rings. The Kier molecular flexibility index (Phi) is 5.65. The van der Waals surface area contributed by atoms with Crippen molar-refractivity contribution in [2.24, 2.45) is 0 Å². The van der Waals surface area contributed by atoms with E-state index in [1.807, 2.05) is 36.4 Å². The second kappa shape index (κ2) is 7.78. The molecule has 0 spiro atoms. The Morgan fingerprint density at radius 2 is 1.81 bits per heavy atom.